The normalized spacial score (nSPS) is 9.08. The molecule has 0 spiro atoms. The first-order valence-electron chi connectivity index (χ1n) is 3.39. The zero-order valence-electron chi connectivity index (χ0n) is 6.57. The van der Waals surface area contributed by atoms with Gasteiger partial charge in [0.2, 0.25) is 6.41 Å². The molecular formula is C8H9NO3. The molecule has 0 saturated carbocycles. The molecule has 1 aromatic carbocycles. The zero-order chi connectivity index (χ0) is 8.97. The maximum atomic E-state index is 9.84. The number of hydrogen-bond donors (Lipinski definition) is 2. The summed E-state index contributed by atoms with van der Waals surface area (Å²) in [7, 11) is 0. The Morgan fingerprint density at radius 3 is 2.92 bits per heavy atom. The van der Waals surface area contributed by atoms with Crippen molar-refractivity contribution in [1.82, 2.24) is 5.48 Å². The average molecular weight is 167 g/mol. The fraction of sp³-hybridized carbons (Fsp3) is 0.125. The van der Waals surface area contributed by atoms with E-state index in [0.717, 1.165) is 5.56 Å². The summed E-state index contributed by atoms with van der Waals surface area (Å²) in [5.74, 6) is 0.233. The number of carbonyl (C=O) groups excluding carboxylic acids is 1. The molecule has 1 rings (SSSR count). The Morgan fingerprint density at radius 1 is 1.58 bits per heavy atom. The molecule has 0 unspecified atom stereocenters. The Morgan fingerprint density at radius 2 is 2.33 bits per heavy atom. The summed E-state index contributed by atoms with van der Waals surface area (Å²) in [4.78, 5) is 14.5. The van der Waals surface area contributed by atoms with Gasteiger partial charge in [0.25, 0.3) is 0 Å². The van der Waals surface area contributed by atoms with Crippen molar-refractivity contribution in [1.29, 1.82) is 0 Å². The number of nitrogens with one attached hydrogen (secondary N) is 1. The largest absolute Gasteiger partial charge is 0.504 e. The number of phenols is 1. The van der Waals surface area contributed by atoms with Gasteiger partial charge in [0.15, 0.2) is 11.5 Å². The van der Waals surface area contributed by atoms with Crippen LogP contribution in [0.2, 0.25) is 0 Å². The minimum atomic E-state index is 0.00403. The second kappa shape index (κ2) is 3.61. The number of carbonyl (C=O) groups is 1. The van der Waals surface area contributed by atoms with E-state index in [1.807, 2.05) is 12.4 Å². The van der Waals surface area contributed by atoms with E-state index in [2.05, 4.69) is 4.84 Å². The van der Waals surface area contributed by atoms with Gasteiger partial charge in [-0.05, 0) is 24.6 Å². The molecule has 4 nitrogen and oxygen atoms in total. The fourth-order valence-corrected chi connectivity index (χ4v) is 0.801. The monoisotopic (exact) mass is 167 g/mol. The van der Waals surface area contributed by atoms with E-state index in [9.17, 15) is 9.90 Å². The van der Waals surface area contributed by atoms with E-state index in [0.29, 0.717) is 6.41 Å². The standard InChI is InChI=1S/C8H9NO3/c1-6-2-3-8(7(11)4-6)12-9-5-10/h2-5,11H,1H3,(H,9,10). The van der Waals surface area contributed by atoms with Crippen molar-refractivity contribution < 1.29 is 14.7 Å². The third kappa shape index (κ3) is 1.88. The van der Waals surface area contributed by atoms with Crippen LogP contribution in [0.4, 0.5) is 0 Å². The molecule has 0 radical (unpaired) electrons. The van der Waals surface area contributed by atoms with E-state index in [4.69, 9.17) is 0 Å². The lowest BCUT2D eigenvalue weighted by molar-refractivity contribution is -0.115. The summed E-state index contributed by atoms with van der Waals surface area (Å²) in [5, 5.41) is 9.24. The van der Waals surface area contributed by atoms with Gasteiger partial charge in [0.05, 0.1) is 0 Å². The predicted molar refractivity (Wildman–Crippen MR) is 42.7 cm³/mol. The van der Waals surface area contributed by atoms with Crippen LogP contribution >= 0.6 is 0 Å². The number of amides is 1. The van der Waals surface area contributed by atoms with Gasteiger partial charge in [-0.25, -0.2) is 0 Å². The third-order valence-electron chi connectivity index (χ3n) is 1.33. The minimum Gasteiger partial charge on any atom is -0.504 e. The zero-order valence-corrected chi connectivity index (χ0v) is 6.57. The Bertz CT molecular complexity index is 286. The van der Waals surface area contributed by atoms with E-state index < -0.39 is 0 Å². The number of hydroxylamine groups is 1. The molecule has 0 saturated heterocycles. The van der Waals surface area contributed by atoms with E-state index in [1.54, 1.807) is 18.2 Å². The van der Waals surface area contributed by atoms with Crippen LogP contribution in [0.15, 0.2) is 18.2 Å². The first-order chi connectivity index (χ1) is 5.74. The quantitative estimate of drug-likeness (QED) is 0.515. The second-order valence-corrected chi connectivity index (χ2v) is 2.31. The molecule has 1 aromatic rings. The van der Waals surface area contributed by atoms with Gasteiger partial charge in [-0.3, -0.25) is 4.79 Å². The van der Waals surface area contributed by atoms with Crippen LogP contribution in [-0.4, -0.2) is 11.5 Å². The average Bonchev–Trinajstić information content (AvgIpc) is 2.03. The van der Waals surface area contributed by atoms with Crippen molar-refractivity contribution >= 4 is 6.41 Å². The van der Waals surface area contributed by atoms with Gasteiger partial charge in [-0.15, -0.1) is 0 Å². The van der Waals surface area contributed by atoms with E-state index in [1.165, 1.54) is 0 Å². The molecule has 4 heteroatoms. The van der Waals surface area contributed by atoms with E-state index >= 15 is 0 Å². The van der Waals surface area contributed by atoms with Gasteiger partial charge in [-0.1, -0.05) is 6.07 Å². The highest BCUT2D eigenvalue weighted by Gasteiger charge is 2.00. The summed E-state index contributed by atoms with van der Waals surface area (Å²) in [6.07, 6.45) is 0.388. The predicted octanol–water partition coefficient (Wildman–Crippen LogP) is 0.740. The van der Waals surface area contributed by atoms with Gasteiger partial charge in [0, 0.05) is 0 Å². The Labute approximate surface area is 69.7 Å². The highest BCUT2D eigenvalue weighted by Crippen LogP contribution is 2.25. The van der Waals surface area contributed by atoms with Crippen LogP contribution < -0.4 is 10.3 Å². The molecule has 0 atom stereocenters. The molecule has 2 N–H and O–H groups in total. The van der Waals surface area contributed by atoms with Crippen LogP contribution in [0.25, 0.3) is 0 Å². The van der Waals surface area contributed by atoms with Crippen LogP contribution in [0.3, 0.4) is 0 Å². The SMILES string of the molecule is Cc1ccc(ONC=O)c(O)c1. The van der Waals surface area contributed by atoms with Crippen molar-refractivity contribution in [3.8, 4) is 11.5 Å². The number of phenolic OH excluding ortho intramolecular Hbond substituents is 1. The number of aromatic hydroxyl groups is 1. The topological polar surface area (TPSA) is 58.6 Å². The summed E-state index contributed by atoms with van der Waals surface area (Å²) < 4.78 is 0. The van der Waals surface area contributed by atoms with Gasteiger partial charge in [-0.2, -0.15) is 5.48 Å². The summed E-state index contributed by atoms with van der Waals surface area (Å²) in [6, 6.07) is 4.88. The second-order valence-electron chi connectivity index (χ2n) is 2.31. The maximum absolute atomic E-state index is 9.84. The Hall–Kier alpha value is -1.71. The molecule has 0 aliphatic heterocycles. The number of rotatable bonds is 3. The highest BCUT2D eigenvalue weighted by atomic mass is 16.7. The minimum absolute atomic E-state index is 0.00403. The fourth-order valence-electron chi connectivity index (χ4n) is 0.801. The van der Waals surface area contributed by atoms with Crippen LogP contribution in [0.1, 0.15) is 5.56 Å². The lowest BCUT2D eigenvalue weighted by Gasteiger charge is -2.04. The summed E-state index contributed by atoms with van der Waals surface area (Å²) >= 11 is 0. The van der Waals surface area contributed by atoms with Crippen LogP contribution in [-0.2, 0) is 4.79 Å². The lowest BCUT2D eigenvalue weighted by atomic mass is 10.2. The molecule has 0 aliphatic rings. The number of hydrogen-bond acceptors (Lipinski definition) is 3. The van der Waals surface area contributed by atoms with Crippen molar-refractivity contribution in [2.45, 2.75) is 6.92 Å². The molecule has 64 valence electrons. The summed E-state index contributed by atoms with van der Waals surface area (Å²) in [5.41, 5.74) is 2.91. The van der Waals surface area contributed by atoms with Crippen LogP contribution in [0.5, 0.6) is 11.5 Å². The highest BCUT2D eigenvalue weighted by molar-refractivity contribution is 5.46. The number of aryl methyl sites for hydroxylation is 1. The van der Waals surface area contributed by atoms with Crippen molar-refractivity contribution in [3.63, 3.8) is 0 Å². The maximum Gasteiger partial charge on any atom is 0.239 e. The molecule has 1 amide bonds. The van der Waals surface area contributed by atoms with Gasteiger partial charge >= 0.3 is 0 Å². The first-order valence-corrected chi connectivity index (χ1v) is 3.39. The molecule has 0 bridgehead atoms. The number of benzene rings is 1. The van der Waals surface area contributed by atoms with Crippen molar-refractivity contribution in [2.24, 2.45) is 0 Å². The van der Waals surface area contributed by atoms with Crippen LogP contribution in [0, 0.1) is 6.92 Å². The van der Waals surface area contributed by atoms with Crippen molar-refractivity contribution in [2.75, 3.05) is 0 Å². The Kier molecular flexibility index (Phi) is 2.53. The summed E-state index contributed by atoms with van der Waals surface area (Å²) in [6.45, 7) is 1.84. The van der Waals surface area contributed by atoms with E-state index in [-0.39, 0.29) is 11.5 Å². The smallest absolute Gasteiger partial charge is 0.239 e. The molecule has 0 aliphatic carbocycles. The molecule has 12 heavy (non-hydrogen) atoms. The molecule has 0 heterocycles. The Balaban J connectivity index is 2.78. The molecule has 0 fully saturated rings. The van der Waals surface area contributed by atoms with Gasteiger partial charge < -0.3 is 9.94 Å². The lowest BCUT2D eigenvalue weighted by Crippen LogP contribution is -2.15. The first kappa shape index (κ1) is 8.39. The molecule has 0 aromatic heterocycles. The molecular weight excluding hydrogens is 158 g/mol. The van der Waals surface area contributed by atoms with Crippen molar-refractivity contribution in [3.05, 3.63) is 23.8 Å². The third-order valence-corrected chi connectivity index (χ3v) is 1.33. The van der Waals surface area contributed by atoms with Gasteiger partial charge in [0.1, 0.15) is 0 Å².